The summed E-state index contributed by atoms with van der Waals surface area (Å²) in [6.45, 7) is 0.106. The van der Waals surface area contributed by atoms with Gasteiger partial charge in [0.05, 0.1) is 18.6 Å². The normalized spacial score (nSPS) is 26.1. The highest BCUT2D eigenvalue weighted by atomic mass is 32.2. The Morgan fingerprint density at radius 3 is 2.86 bits per heavy atom. The van der Waals surface area contributed by atoms with Crippen molar-refractivity contribution in [3.63, 3.8) is 0 Å². The van der Waals surface area contributed by atoms with E-state index in [0.29, 0.717) is 11.7 Å². The Labute approximate surface area is 134 Å². The summed E-state index contributed by atoms with van der Waals surface area (Å²) in [6.07, 6.45) is 3.23. The number of likely N-dealkylation sites (N-methyl/N-ethyl adjacent to an activating group) is 2. The molecule has 0 aromatic carbocycles. The lowest BCUT2D eigenvalue weighted by molar-refractivity contribution is -0.134. The van der Waals surface area contributed by atoms with E-state index in [-0.39, 0.29) is 36.5 Å². The fraction of sp³-hybridized carbons (Fsp3) is 0.786. The van der Waals surface area contributed by atoms with Gasteiger partial charge in [0.15, 0.2) is 0 Å². The van der Waals surface area contributed by atoms with E-state index in [1.165, 1.54) is 4.90 Å². The number of thioether (sulfide) groups is 1. The van der Waals surface area contributed by atoms with Gasteiger partial charge in [-0.15, -0.1) is 0 Å². The average Bonchev–Trinajstić information content (AvgIpc) is 3.02. The molecule has 8 heteroatoms. The van der Waals surface area contributed by atoms with Crippen molar-refractivity contribution in [2.24, 2.45) is 0 Å². The van der Waals surface area contributed by atoms with Crippen LogP contribution in [0.4, 0.5) is 4.79 Å². The average molecular weight is 328 g/mol. The first-order chi connectivity index (χ1) is 10.5. The number of unbranched alkanes of at least 4 members (excludes halogenated alkanes) is 1. The van der Waals surface area contributed by atoms with Gasteiger partial charge in [-0.25, -0.2) is 4.79 Å². The summed E-state index contributed by atoms with van der Waals surface area (Å²) in [6, 6.07) is 0.415. The predicted octanol–water partition coefficient (Wildman–Crippen LogP) is -0.0834. The zero-order valence-electron chi connectivity index (χ0n) is 13.1. The van der Waals surface area contributed by atoms with Crippen LogP contribution in [0.5, 0.6) is 0 Å². The maximum Gasteiger partial charge on any atom is 0.315 e. The number of carbonyl (C=O) groups is 3. The summed E-state index contributed by atoms with van der Waals surface area (Å²) in [5, 5.41) is 8.83. The molecule has 2 saturated heterocycles. The van der Waals surface area contributed by atoms with Crippen molar-refractivity contribution >= 4 is 29.6 Å². The highest BCUT2D eigenvalue weighted by Gasteiger charge is 2.42. The van der Waals surface area contributed by atoms with Crippen LogP contribution in [0.15, 0.2) is 0 Å². The molecule has 0 bridgehead atoms. The second-order valence-corrected chi connectivity index (χ2v) is 7.06. The Bertz CT molecular complexity index is 446. The van der Waals surface area contributed by atoms with Crippen LogP contribution < -0.4 is 16.0 Å². The molecule has 3 atom stereocenters. The lowest BCUT2D eigenvalue weighted by Gasteiger charge is -2.18. The van der Waals surface area contributed by atoms with Crippen LogP contribution in [0.3, 0.4) is 0 Å². The molecule has 0 saturated carbocycles. The van der Waals surface area contributed by atoms with E-state index < -0.39 is 0 Å². The third kappa shape index (κ3) is 4.28. The first-order valence-corrected chi connectivity index (χ1v) is 8.69. The van der Waals surface area contributed by atoms with Crippen LogP contribution in [0.1, 0.15) is 25.7 Å². The molecule has 22 heavy (non-hydrogen) atoms. The fourth-order valence-electron chi connectivity index (χ4n) is 2.84. The minimum absolute atomic E-state index is 0.00335. The fourth-order valence-corrected chi connectivity index (χ4v) is 4.38. The molecule has 0 aliphatic carbocycles. The monoisotopic (exact) mass is 328 g/mol. The summed E-state index contributed by atoms with van der Waals surface area (Å²) >= 11 is 1.89. The standard InChI is InChI=1S/C14H24N4O3S/c1-15-11(19)7-18(2)12(20)6-4-3-5-10-13-9(8-22-10)16-14(21)17-13/h9-10,13H,3-8H2,1-2H3,(H,15,19)(H2,16,17,21)/t9-,10-,13-/m0/s1. The van der Waals surface area contributed by atoms with Crippen LogP contribution in [0.2, 0.25) is 0 Å². The van der Waals surface area contributed by atoms with Gasteiger partial charge in [-0.05, 0) is 12.8 Å². The van der Waals surface area contributed by atoms with Gasteiger partial charge >= 0.3 is 6.03 Å². The molecule has 0 aromatic heterocycles. The number of nitrogens with one attached hydrogen (secondary N) is 3. The summed E-state index contributed by atoms with van der Waals surface area (Å²) in [7, 11) is 3.21. The molecule has 4 amide bonds. The Balaban J connectivity index is 1.62. The van der Waals surface area contributed by atoms with Crippen LogP contribution in [-0.4, -0.2) is 66.5 Å². The minimum atomic E-state index is -0.159. The highest BCUT2D eigenvalue weighted by Crippen LogP contribution is 2.33. The van der Waals surface area contributed by atoms with Gasteiger partial charge in [0.2, 0.25) is 11.8 Å². The van der Waals surface area contributed by atoms with Gasteiger partial charge in [-0.3, -0.25) is 9.59 Å². The van der Waals surface area contributed by atoms with Gasteiger partial charge < -0.3 is 20.9 Å². The van der Waals surface area contributed by atoms with Gasteiger partial charge in [0.1, 0.15) is 0 Å². The molecule has 0 radical (unpaired) electrons. The number of urea groups is 1. The summed E-state index contributed by atoms with van der Waals surface area (Å²) in [5.41, 5.74) is 0. The van der Waals surface area contributed by atoms with Crippen molar-refractivity contribution in [2.45, 2.75) is 43.0 Å². The smallest absolute Gasteiger partial charge is 0.315 e. The lowest BCUT2D eigenvalue weighted by atomic mass is 10.0. The molecular formula is C14H24N4O3S. The van der Waals surface area contributed by atoms with Gasteiger partial charge in [-0.1, -0.05) is 6.42 Å². The third-order valence-corrected chi connectivity index (χ3v) is 5.66. The maximum absolute atomic E-state index is 11.9. The SMILES string of the molecule is CNC(=O)CN(C)C(=O)CCCC[C@@H]1SC[C@@H]2NC(=O)N[C@@H]21. The second kappa shape index (κ2) is 7.71. The summed E-state index contributed by atoms with van der Waals surface area (Å²) in [5.74, 6) is 0.798. The van der Waals surface area contributed by atoms with E-state index >= 15 is 0 Å². The molecule has 0 aromatic rings. The Hall–Kier alpha value is -1.44. The lowest BCUT2D eigenvalue weighted by Crippen LogP contribution is -2.37. The van der Waals surface area contributed by atoms with E-state index in [9.17, 15) is 14.4 Å². The van der Waals surface area contributed by atoms with Crippen LogP contribution in [0, 0.1) is 0 Å². The van der Waals surface area contributed by atoms with Crippen LogP contribution in [0.25, 0.3) is 0 Å². The quantitative estimate of drug-likeness (QED) is 0.450. The summed E-state index contributed by atoms with van der Waals surface area (Å²) in [4.78, 5) is 35.9. The minimum Gasteiger partial charge on any atom is -0.358 e. The Morgan fingerprint density at radius 1 is 1.36 bits per heavy atom. The maximum atomic E-state index is 11.9. The molecule has 0 spiro atoms. The van der Waals surface area contributed by atoms with Crippen molar-refractivity contribution in [1.29, 1.82) is 0 Å². The number of rotatable bonds is 7. The Morgan fingerprint density at radius 2 is 2.14 bits per heavy atom. The Kier molecular flexibility index (Phi) is 5.93. The second-order valence-electron chi connectivity index (χ2n) is 5.79. The van der Waals surface area contributed by atoms with E-state index in [2.05, 4.69) is 16.0 Å². The van der Waals surface area contributed by atoms with Crippen molar-refractivity contribution in [3.8, 4) is 0 Å². The van der Waals surface area contributed by atoms with E-state index in [0.717, 1.165) is 25.0 Å². The van der Waals surface area contributed by atoms with E-state index in [1.54, 1.807) is 14.1 Å². The molecule has 0 unspecified atom stereocenters. The van der Waals surface area contributed by atoms with Gasteiger partial charge in [0, 0.05) is 31.5 Å². The molecule has 2 rings (SSSR count). The summed E-state index contributed by atoms with van der Waals surface area (Å²) < 4.78 is 0. The van der Waals surface area contributed by atoms with Crippen LogP contribution >= 0.6 is 11.8 Å². The molecule has 2 aliphatic rings. The number of fused-ring (bicyclic) bond motifs is 1. The zero-order chi connectivity index (χ0) is 16.1. The molecule has 124 valence electrons. The molecule has 2 aliphatic heterocycles. The van der Waals surface area contributed by atoms with E-state index in [1.807, 2.05) is 11.8 Å². The zero-order valence-corrected chi connectivity index (χ0v) is 13.9. The predicted molar refractivity (Wildman–Crippen MR) is 85.7 cm³/mol. The topological polar surface area (TPSA) is 90.5 Å². The number of amides is 4. The first-order valence-electron chi connectivity index (χ1n) is 7.64. The molecule has 7 nitrogen and oxygen atoms in total. The highest BCUT2D eigenvalue weighted by molar-refractivity contribution is 8.00. The first kappa shape index (κ1) is 16.9. The number of hydrogen-bond acceptors (Lipinski definition) is 4. The molecule has 2 fully saturated rings. The van der Waals surface area contributed by atoms with Crippen molar-refractivity contribution in [3.05, 3.63) is 0 Å². The number of hydrogen-bond donors (Lipinski definition) is 3. The largest absolute Gasteiger partial charge is 0.358 e. The van der Waals surface area contributed by atoms with E-state index in [4.69, 9.17) is 0 Å². The molecular weight excluding hydrogens is 304 g/mol. The third-order valence-electron chi connectivity index (χ3n) is 4.15. The van der Waals surface area contributed by atoms with Gasteiger partial charge in [-0.2, -0.15) is 11.8 Å². The van der Waals surface area contributed by atoms with Crippen molar-refractivity contribution < 1.29 is 14.4 Å². The molecule has 2 heterocycles. The number of nitrogens with zero attached hydrogens (tertiary/aromatic N) is 1. The van der Waals surface area contributed by atoms with Gasteiger partial charge in [0.25, 0.3) is 0 Å². The van der Waals surface area contributed by atoms with Crippen molar-refractivity contribution in [2.75, 3.05) is 26.4 Å². The van der Waals surface area contributed by atoms with Crippen molar-refractivity contribution in [1.82, 2.24) is 20.9 Å². The molecule has 3 N–H and O–H groups in total. The number of carbonyl (C=O) groups excluding carboxylic acids is 3. The van der Waals surface area contributed by atoms with Crippen LogP contribution in [-0.2, 0) is 9.59 Å².